The Balaban J connectivity index is 3.36. The van der Waals surface area contributed by atoms with Crippen LogP contribution < -0.4 is 14.2 Å². The monoisotopic (exact) mass is 292 g/mol. The second-order valence-electron chi connectivity index (χ2n) is 4.57. The second-order valence-corrected chi connectivity index (χ2v) is 4.57. The molecule has 0 saturated heterocycles. The number of amides is 1. The van der Waals surface area contributed by atoms with Crippen LogP contribution in [0.15, 0.2) is 12.1 Å². The number of nitriles is 1. The zero-order valence-corrected chi connectivity index (χ0v) is 13.0. The minimum Gasteiger partial charge on any atom is -0.493 e. The molecule has 0 aromatic heterocycles. The van der Waals surface area contributed by atoms with Gasteiger partial charge in [0.15, 0.2) is 11.5 Å². The van der Waals surface area contributed by atoms with Crippen molar-refractivity contribution in [3.8, 4) is 23.3 Å². The Morgan fingerprint density at radius 2 is 1.81 bits per heavy atom. The van der Waals surface area contributed by atoms with Gasteiger partial charge in [-0.1, -0.05) is 0 Å². The molecule has 0 atom stereocenters. The van der Waals surface area contributed by atoms with Gasteiger partial charge in [-0.3, -0.25) is 4.79 Å². The molecule has 0 radical (unpaired) electrons. The summed E-state index contributed by atoms with van der Waals surface area (Å²) in [6.07, 6.45) is 0. The molecule has 0 unspecified atom stereocenters. The summed E-state index contributed by atoms with van der Waals surface area (Å²) in [5, 5.41) is 8.87. The third-order valence-electron chi connectivity index (χ3n) is 3.06. The largest absolute Gasteiger partial charge is 0.493 e. The lowest BCUT2D eigenvalue weighted by Gasteiger charge is -2.25. The Kier molecular flexibility index (Phi) is 5.85. The smallest absolute Gasteiger partial charge is 0.258 e. The zero-order valence-electron chi connectivity index (χ0n) is 13.0. The van der Waals surface area contributed by atoms with Crippen molar-refractivity contribution in [1.82, 2.24) is 4.90 Å². The van der Waals surface area contributed by atoms with Crippen LogP contribution in [0.1, 0.15) is 24.2 Å². The number of ether oxygens (including phenoxy) is 3. The lowest BCUT2D eigenvalue weighted by atomic mass is 10.1. The van der Waals surface area contributed by atoms with Crippen molar-refractivity contribution in [2.24, 2.45) is 0 Å². The van der Waals surface area contributed by atoms with Crippen molar-refractivity contribution in [2.75, 3.05) is 27.9 Å². The highest BCUT2D eigenvalue weighted by atomic mass is 16.5. The fraction of sp³-hybridized carbons (Fsp3) is 0.467. The number of rotatable bonds is 6. The second kappa shape index (κ2) is 7.39. The fourth-order valence-electron chi connectivity index (χ4n) is 1.99. The number of carbonyl (C=O) groups is 1. The maximum absolute atomic E-state index is 12.6. The van der Waals surface area contributed by atoms with Gasteiger partial charge < -0.3 is 19.1 Å². The lowest BCUT2D eigenvalue weighted by molar-refractivity contribution is 0.0727. The topological polar surface area (TPSA) is 71.8 Å². The summed E-state index contributed by atoms with van der Waals surface area (Å²) in [4.78, 5) is 14.1. The molecule has 6 heteroatoms. The molecule has 0 heterocycles. The van der Waals surface area contributed by atoms with Gasteiger partial charge in [0.1, 0.15) is 6.54 Å². The van der Waals surface area contributed by atoms with Crippen LogP contribution in [0.2, 0.25) is 0 Å². The average Bonchev–Trinajstić information content (AvgIpc) is 2.49. The number of hydrogen-bond acceptors (Lipinski definition) is 5. The fourth-order valence-corrected chi connectivity index (χ4v) is 1.99. The van der Waals surface area contributed by atoms with E-state index in [4.69, 9.17) is 19.5 Å². The molecule has 21 heavy (non-hydrogen) atoms. The molecule has 1 aromatic carbocycles. The Hall–Kier alpha value is -2.42. The third kappa shape index (κ3) is 3.37. The van der Waals surface area contributed by atoms with Crippen molar-refractivity contribution in [2.45, 2.75) is 19.9 Å². The summed E-state index contributed by atoms with van der Waals surface area (Å²) in [6.45, 7) is 3.71. The zero-order chi connectivity index (χ0) is 16.0. The molecule has 1 amide bonds. The SMILES string of the molecule is COc1ccc(C(=O)N(CC#N)C(C)C)c(OC)c1OC. The highest BCUT2D eigenvalue weighted by Gasteiger charge is 2.25. The van der Waals surface area contributed by atoms with Crippen LogP contribution >= 0.6 is 0 Å². The van der Waals surface area contributed by atoms with Crippen LogP contribution in [0, 0.1) is 11.3 Å². The summed E-state index contributed by atoms with van der Waals surface area (Å²) in [7, 11) is 4.44. The molecule has 114 valence electrons. The number of carbonyl (C=O) groups excluding carboxylic acids is 1. The first-order chi connectivity index (χ1) is 10.0. The third-order valence-corrected chi connectivity index (χ3v) is 3.06. The summed E-state index contributed by atoms with van der Waals surface area (Å²) < 4.78 is 15.8. The van der Waals surface area contributed by atoms with Crippen LogP contribution in [-0.4, -0.2) is 44.7 Å². The van der Waals surface area contributed by atoms with Crippen LogP contribution in [0.3, 0.4) is 0 Å². The average molecular weight is 292 g/mol. The van der Waals surface area contributed by atoms with Crippen molar-refractivity contribution in [1.29, 1.82) is 5.26 Å². The predicted molar refractivity (Wildman–Crippen MR) is 77.9 cm³/mol. The number of nitrogens with zero attached hydrogens (tertiary/aromatic N) is 2. The van der Waals surface area contributed by atoms with Gasteiger partial charge in [-0.2, -0.15) is 5.26 Å². The van der Waals surface area contributed by atoms with Gasteiger partial charge in [-0.15, -0.1) is 0 Å². The van der Waals surface area contributed by atoms with Crippen molar-refractivity contribution < 1.29 is 19.0 Å². The van der Waals surface area contributed by atoms with E-state index in [1.165, 1.54) is 26.2 Å². The number of hydrogen-bond donors (Lipinski definition) is 0. The molecular weight excluding hydrogens is 272 g/mol. The maximum atomic E-state index is 12.6. The van der Waals surface area contributed by atoms with Gasteiger partial charge in [0.25, 0.3) is 5.91 Å². The van der Waals surface area contributed by atoms with Gasteiger partial charge in [0.2, 0.25) is 5.75 Å². The summed E-state index contributed by atoms with van der Waals surface area (Å²) in [5.41, 5.74) is 0.333. The van der Waals surface area contributed by atoms with E-state index in [0.717, 1.165) is 0 Å². The van der Waals surface area contributed by atoms with E-state index in [1.54, 1.807) is 12.1 Å². The van der Waals surface area contributed by atoms with Crippen LogP contribution in [0.25, 0.3) is 0 Å². The molecule has 0 aliphatic rings. The summed E-state index contributed by atoms with van der Waals surface area (Å²) >= 11 is 0. The van der Waals surface area contributed by atoms with Crippen molar-refractivity contribution in [3.05, 3.63) is 17.7 Å². The molecule has 1 rings (SSSR count). The molecule has 0 aliphatic carbocycles. The first-order valence-corrected chi connectivity index (χ1v) is 6.48. The minimum absolute atomic E-state index is 0.00794. The molecule has 0 spiro atoms. The number of benzene rings is 1. The molecule has 0 fully saturated rings. The Morgan fingerprint density at radius 1 is 1.19 bits per heavy atom. The Labute approximate surface area is 124 Å². The first kappa shape index (κ1) is 16.6. The van der Waals surface area contributed by atoms with E-state index in [9.17, 15) is 4.79 Å². The van der Waals surface area contributed by atoms with Gasteiger partial charge in [-0.25, -0.2) is 0 Å². The van der Waals surface area contributed by atoms with Crippen molar-refractivity contribution in [3.63, 3.8) is 0 Å². The number of methoxy groups -OCH3 is 3. The molecule has 1 aromatic rings. The highest BCUT2D eigenvalue weighted by molar-refractivity contribution is 5.98. The van der Waals surface area contributed by atoms with Gasteiger partial charge in [-0.05, 0) is 26.0 Å². The van der Waals surface area contributed by atoms with Crippen LogP contribution in [-0.2, 0) is 0 Å². The molecule has 6 nitrogen and oxygen atoms in total. The predicted octanol–water partition coefficient (Wildman–Crippen LogP) is 2.09. The van der Waals surface area contributed by atoms with Gasteiger partial charge >= 0.3 is 0 Å². The van der Waals surface area contributed by atoms with Crippen LogP contribution in [0.4, 0.5) is 0 Å². The summed E-state index contributed by atoms with van der Waals surface area (Å²) in [6, 6.07) is 5.14. The Morgan fingerprint density at radius 3 is 2.24 bits per heavy atom. The Bertz CT molecular complexity index is 549. The normalized spacial score (nSPS) is 9.95. The maximum Gasteiger partial charge on any atom is 0.258 e. The standard InChI is InChI=1S/C15H20N2O4/c1-10(2)17(9-8-16)15(18)11-6-7-12(19-3)14(21-5)13(11)20-4/h6-7,10H,9H2,1-5H3. The van der Waals surface area contributed by atoms with E-state index < -0.39 is 0 Å². The lowest BCUT2D eigenvalue weighted by Crippen LogP contribution is -2.37. The molecule has 0 N–H and O–H groups in total. The minimum atomic E-state index is -0.288. The van der Waals surface area contributed by atoms with Crippen LogP contribution in [0.5, 0.6) is 17.2 Å². The van der Waals surface area contributed by atoms with E-state index in [2.05, 4.69) is 0 Å². The molecular formula is C15H20N2O4. The van der Waals surface area contributed by atoms with E-state index in [1.807, 2.05) is 19.9 Å². The van der Waals surface area contributed by atoms with Gasteiger partial charge in [0.05, 0.1) is 33.0 Å². The molecule has 0 bridgehead atoms. The van der Waals surface area contributed by atoms with E-state index >= 15 is 0 Å². The van der Waals surface area contributed by atoms with Crippen molar-refractivity contribution >= 4 is 5.91 Å². The first-order valence-electron chi connectivity index (χ1n) is 6.48. The molecule has 0 aliphatic heterocycles. The summed E-state index contributed by atoms with van der Waals surface area (Å²) in [5.74, 6) is 0.837. The van der Waals surface area contributed by atoms with E-state index in [-0.39, 0.29) is 18.5 Å². The van der Waals surface area contributed by atoms with E-state index in [0.29, 0.717) is 22.8 Å². The molecule has 0 saturated carbocycles. The highest BCUT2D eigenvalue weighted by Crippen LogP contribution is 2.40. The quantitative estimate of drug-likeness (QED) is 0.751. The van der Waals surface area contributed by atoms with Gasteiger partial charge in [0, 0.05) is 6.04 Å².